The molecule has 0 N–H and O–H groups in total. The van der Waals surface area contributed by atoms with Crippen LogP contribution in [0.25, 0.3) is 16.7 Å². The maximum atomic E-state index is 4.79. The quantitative estimate of drug-likeness (QED) is 0.147. The molecule has 73 heavy (non-hydrogen) atoms. The first kappa shape index (κ1) is 47.2. The third-order valence-electron chi connectivity index (χ3n) is 17.6. The maximum Gasteiger partial charge on any atom is 0.252 e. The van der Waals surface area contributed by atoms with Crippen molar-refractivity contribution in [2.24, 2.45) is 0 Å². The first-order valence-electron chi connectivity index (χ1n) is 26.8. The van der Waals surface area contributed by atoms with Crippen LogP contribution in [0.2, 0.25) is 0 Å². The smallest absolute Gasteiger partial charge is 0.252 e. The number of benzene rings is 8. The molecule has 8 aromatic rings. The van der Waals surface area contributed by atoms with Gasteiger partial charge in [-0.15, -0.1) is 0 Å². The zero-order valence-electron chi connectivity index (χ0n) is 45.4. The molecule has 2 nitrogen and oxygen atoms in total. The average molecular weight is 951 g/mol. The molecule has 0 aromatic heterocycles. The summed E-state index contributed by atoms with van der Waals surface area (Å²) >= 11 is 0. The highest BCUT2D eigenvalue weighted by molar-refractivity contribution is 7.00. The number of fused-ring (bicyclic) bond motifs is 6. The highest BCUT2D eigenvalue weighted by atomic mass is 15.2. The molecular formula is C70H71BN2. The molecule has 0 bridgehead atoms. The van der Waals surface area contributed by atoms with Crippen molar-refractivity contribution in [1.82, 2.24) is 0 Å². The van der Waals surface area contributed by atoms with E-state index in [1.54, 1.807) is 0 Å². The van der Waals surface area contributed by atoms with Gasteiger partial charge in [-0.05, 0) is 192 Å². The van der Waals surface area contributed by atoms with E-state index in [2.05, 4.69) is 257 Å². The van der Waals surface area contributed by atoms with Gasteiger partial charge in [0.2, 0.25) is 0 Å². The molecule has 1 unspecified atom stereocenters. The number of hydrogen-bond donors (Lipinski definition) is 0. The molecule has 364 valence electrons. The van der Waals surface area contributed by atoms with Gasteiger partial charge in [0.1, 0.15) is 0 Å². The Kier molecular flexibility index (Phi) is 10.6. The Hall–Kier alpha value is -6.84. The molecule has 3 heteroatoms. The first-order chi connectivity index (χ1) is 34.6. The predicted octanol–water partition coefficient (Wildman–Crippen LogP) is 16.6. The van der Waals surface area contributed by atoms with Crippen molar-refractivity contribution in [3.8, 4) is 11.1 Å². The van der Waals surface area contributed by atoms with Gasteiger partial charge in [-0.25, -0.2) is 0 Å². The van der Waals surface area contributed by atoms with E-state index in [1.807, 2.05) is 0 Å². The average Bonchev–Trinajstić information content (AvgIpc) is 3.67. The lowest BCUT2D eigenvalue weighted by Crippen LogP contribution is -2.62. The molecule has 0 radical (unpaired) electrons. The Morgan fingerprint density at radius 3 is 1.85 bits per heavy atom. The summed E-state index contributed by atoms with van der Waals surface area (Å²) < 4.78 is 0. The fraction of sp³-hybridized carbons (Fsp3) is 0.286. The topological polar surface area (TPSA) is 6.48 Å². The molecular weight excluding hydrogens is 880 g/mol. The van der Waals surface area contributed by atoms with E-state index in [0.717, 1.165) is 36.0 Å². The zero-order chi connectivity index (χ0) is 51.1. The van der Waals surface area contributed by atoms with Gasteiger partial charge in [0.05, 0.1) is 0 Å². The second kappa shape index (κ2) is 16.3. The minimum Gasteiger partial charge on any atom is -0.311 e. The molecule has 0 saturated heterocycles. The van der Waals surface area contributed by atoms with Crippen LogP contribution in [0.4, 0.5) is 34.1 Å². The standard InChI is InChI=1S/C70H71BN2/c1-44-21-20-22-47(33-44)41-70(13)43-69(11,12)56-40-62-59(39-57(56)70)71-58-35-50(46(3)48-23-16-14-17-24-48)27-32-61(58)73(60-31-28-51(34-45(60)2)49-25-18-15-19-26-49)64-37-52(66(4,5)6)36-63(65(64)71)72(62)53-29-30-54-55(38-53)68(9,10)42-67(54,7)8/h14-40H,3,41-43H2,1-2,4-13H3. The second-order valence-electron chi connectivity index (χ2n) is 25.7. The fourth-order valence-electron chi connectivity index (χ4n) is 14.5. The molecule has 2 aliphatic carbocycles. The van der Waals surface area contributed by atoms with Gasteiger partial charge >= 0.3 is 0 Å². The van der Waals surface area contributed by atoms with Crippen molar-refractivity contribution in [2.45, 2.75) is 129 Å². The number of aryl methyl sites for hydroxylation is 2. The summed E-state index contributed by atoms with van der Waals surface area (Å²) in [5, 5.41) is 0. The summed E-state index contributed by atoms with van der Waals surface area (Å²) in [6.45, 7) is 33.7. The van der Waals surface area contributed by atoms with E-state index < -0.39 is 0 Å². The second-order valence-corrected chi connectivity index (χ2v) is 25.7. The van der Waals surface area contributed by atoms with Crippen molar-refractivity contribution in [1.29, 1.82) is 0 Å². The first-order valence-corrected chi connectivity index (χ1v) is 26.8. The van der Waals surface area contributed by atoms with Gasteiger partial charge in [-0.2, -0.15) is 0 Å². The lowest BCUT2D eigenvalue weighted by atomic mass is 9.33. The lowest BCUT2D eigenvalue weighted by molar-refractivity contribution is 0.374. The van der Waals surface area contributed by atoms with Crippen LogP contribution >= 0.6 is 0 Å². The van der Waals surface area contributed by atoms with E-state index in [0.29, 0.717) is 0 Å². The molecule has 1 atom stereocenters. The molecule has 0 spiro atoms. The van der Waals surface area contributed by atoms with Gasteiger partial charge in [0.15, 0.2) is 0 Å². The fourth-order valence-corrected chi connectivity index (χ4v) is 14.5. The van der Waals surface area contributed by atoms with Gasteiger partial charge in [-0.3, -0.25) is 0 Å². The normalized spacial score (nSPS) is 18.4. The summed E-state index contributed by atoms with van der Waals surface area (Å²) in [4.78, 5) is 5.32. The van der Waals surface area contributed by atoms with Gasteiger partial charge in [0, 0.05) is 34.1 Å². The van der Waals surface area contributed by atoms with Crippen LogP contribution in [0, 0.1) is 13.8 Å². The molecule has 0 fully saturated rings. The molecule has 0 amide bonds. The number of anilines is 6. The van der Waals surface area contributed by atoms with Crippen molar-refractivity contribution in [3.05, 3.63) is 226 Å². The van der Waals surface area contributed by atoms with Crippen LogP contribution in [0.15, 0.2) is 170 Å². The number of nitrogens with zero attached hydrogens (tertiary/aromatic N) is 2. The number of hydrogen-bond acceptors (Lipinski definition) is 2. The van der Waals surface area contributed by atoms with Crippen LogP contribution in [-0.4, -0.2) is 6.71 Å². The van der Waals surface area contributed by atoms with Crippen LogP contribution in [-0.2, 0) is 33.5 Å². The van der Waals surface area contributed by atoms with Gasteiger partial charge < -0.3 is 9.80 Å². The van der Waals surface area contributed by atoms with E-state index in [1.165, 1.54) is 106 Å². The molecule has 12 rings (SSSR count). The maximum absolute atomic E-state index is 4.79. The lowest BCUT2D eigenvalue weighted by Gasteiger charge is -2.46. The summed E-state index contributed by atoms with van der Waals surface area (Å²) in [5.74, 6) is 0. The molecule has 8 aromatic carbocycles. The largest absolute Gasteiger partial charge is 0.311 e. The van der Waals surface area contributed by atoms with E-state index in [9.17, 15) is 0 Å². The third-order valence-corrected chi connectivity index (χ3v) is 17.6. The number of rotatable bonds is 7. The van der Waals surface area contributed by atoms with Crippen LogP contribution in [0.1, 0.15) is 138 Å². The molecule has 0 saturated carbocycles. The highest BCUT2D eigenvalue weighted by Crippen LogP contribution is 2.56. The summed E-state index contributed by atoms with van der Waals surface area (Å²) in [6, 6.07) is 63.1. The van der Waals surface area contributed by atoms with E-state index in [-0.39, 0.29) is 33.8 Å². The molecule has 2 aliphatic heterocycles. The molecule has 2 heterocycles. The Balaban J connectivity index is 1.18. The summed E-state index contributed by atoms with van der Waals surface area (Å²) in [6.07, 6.45) is 3.20. The third kappa shape index (κ3) is 7.58. The Morgan fingerprint density at radius 1 is 0.507 bits per heavy atom. The zero-order valence-corrected chi connectivity index (χ0v) is 45.4. The Bertz CT molecular complexity index is 3570. The Morgan fingerprint density at radius 2 is 1.15 bits per heavy atom. The SMILES string of the molecule is C=C(c1ccccc1)c1ccc2c(c1)B1c3cc4c(cc3N(c3ccc5c(c3)C(C)(C)CC5(C)C)c3cc(C(C)(C)C)cc(c31)N2c1ccc(-c2ccccc2)cc1C)C(C)(C)CC4(C)Cc1cccc(C)c1. The Labute approximate surface area is 436 Å². The summed E-state index contributed by atoms with van der Waals surface area (Å²) in [5.41, 5.74) is 28.4. The minimum absolute atomic E-state index is 0.0386. The van der Waals surface area contributed by atoms with Crippen molar-refractivity contribution in [3.63, 3.8) is 0 Å². The van der Waals surface area contributed by atoms with Crippen molar-refractivity contribution >= 4 is 62.8 Å². The van der Waals surface area contributed by atoms with Gasteiger partial charge in [0.25, 0.3) is 6.71 Å². The molecule has 4 aliphatic rings. The highest BCUT2D eigenvalue weighted by Gasteiger charge is 2.50. The van der Waals surface area contributed by atoms with Crippen molar-refractivity contribution in [2.75, 3.05) is 9.80 Å². The van der Waals surface area contributed by atoms with Gasteiger partial charge in [-0.1, -0.05) is 197 Å². The minimum atomic E-state index is -0.135. The van der Waals surface area contributed by atoms with Crippen molar-refractivity contribution < 1.29 is 0 Å². The van der Waals surface area contributed by atoms with Crippen LogP contribution in [0.3, 0.4) is 0 Å². The van der Waals surface area contributed by atoms with E-state index >= 15 is 0 Å². The van der Waals surface area contributed by atoms with E-state index in [4.69, 9.17) is 6.58 Å². The monoisotopic (exact) mass is 951 g/mol. The summed E-state index contributed by atoms with van der Waals surface area (Å²) in [7, 11) is 0. The van der Waals surface area contributed by atoms with Crippen LogP contribution in [0.5, 0.6) is 0 Å². The van der Waals surface area contributed by atoms with Crippen LogP contribution < -0.4 is 26.2 Å². The predicted molar refractivity (Wildman–Crippen MR) is 314 cm³/mol.